The van der Waals surface area contributed by atoms with E-state index in [0.29, 0.717) is 12.4 Å². The van der Waals surface area contributed by atoms with Gasteiger partial charge in [-0.05, 0) is 0 Å². The minimum Gasteiger partial charge on any atom is -0.392 e. The number of thiol groups is 1. The van der Waals surface area contributed by atoms with Crippen LogP contribution in [0.1, 0.15) is 0 Å². The molecule has 0 saturated heterocycles. The molecule has 1 unspecified atom stereocenters. The van der Waals surface area contributed by atoms with E-state index in [1.807, 2.05) is 0 Å². The molecule has 1 atom stereocenters. The lowest BCUT2D eigenvalue weighted by Gasteiger charge is -2.06. The number of nitrogens with two attached hydrogens (primary N) is 1. The molecule has 3 nitrogen and oxygen atoms in total. The van der Waals surface area contributed by atoms with Gasteiger partial charge in [0.25, 0.3) is 0 Å². The largest absolute Gasteiger partial charge is 0.392 e. The lowest BCUT2D eigenvalue weighted by atomic mass is 10.6. The maximum Gasteiger partial charge on any atom is 0.129 e. The third kappa shape index (κ3) is 4.39. The van der Waals surface area contributed by atoms with Gasteiger partial charge < -0.3 is 15.6 Å². The molecule has 0 amide bonds. The molecule has 0 aliphatic carbocycles. The van der Waals surface area contributed by atoms with Crippen LogP contribution < -0.4 is 5.73 Å². The molecule has 0 bridgehead atoms. The zero-order valence-corrected chi connectivity index (χ0v) is 5.47. The molecule has 4 heteroatoms. The van der Waals surface area contributed by atoms with Crippen molar-refractivity contribution in [3.63, 3.8) is 0 Å². The summed E-state index contributed by atoms with van der Waals surface area (Å²) in [6.45, 7) is 0.360. The van der Waals surface area contributed by atoms with Crippen LogP contribution in [0.15, 0.2) is 0 Å². The fourth-order valence-corrected chi connectivity index (χ4v) is 0.362. The Morgan fingerprint density at radius 1 is 1.75 bits per heavy atom. The van der Waals surface area contributed by atoms with Crippen molar-refractivity contribution in [3.8, 4) is 0 Å². The molecule has 0 rings (SSSR count). The number of rotatable bonds is 4. The van der Waals surface area contributed by atoms with Crippen LogP contribution in [0.4, 0.5) is 0 Å². The summed E-state index contributed by atoms with van der Waals surface area (Å²) in [5.41, 5.74) is 5.15. The van der Waals surface area contributed by atoms with Crippen LogP contribution in [-0.2, 0) is 4.74 Å². The third-order valence-electron chi connectivity index (χ3n) is 0.603. The molecule has 0 fully saturated rings. The zero-order valence-electron chi connectivity index (χ0n) is 4.58. The summed E-state index contributed by atoms with van der Waals surface area (Å²) in [5.74, 6) is 0.633. The van der Waals surface area contributed by atoms with Gasteiger partial charge in [-0.25, -0.2) is 0 Å². The summed E-state index contributed by atoms with van der Waals surface area (Å²) in [7, 11) is 0. The molecule has 0 heterocycles. The molecular formula is C4H11NO2S. The molecule has 0 radical (unpaired) electrons. The molecule has 0 saturated carbocycles. The monoisotopic (exact) mass is 137 g/mol. The van der Waals surface area contributed by atoms with E-state index >= 15 is 0 Å². The van der Waals surface area contributed by atoms with E-state index in [2.05, 4.69) is 12.6 Å². The topological polar surface area (TPSA) is 55.5 Å². The molecule has 0 aromatic rings. The SMILES string of the molecule is NC(CO)OCCS. The van der Waals surface area contributed by atoms with Crippen molar-refractivity contribution in [2.45, 2.75) is 6.23 Å². The second-order valence-electron chi connectivity index (χ2n) is 1.32. The maximum atomic E-state index is 8.29. The van der Waals surface area contributed by atoms with Crippen molar-refractivity contribution >= 4 is 12.6 Å². The average molecular weight is 137 g/mol. The minimum absolute atomic E-state index is 0.131. The first-order chi connectivity index (χ1) is 3.81. The van der Waals surface area contributed by atoms with Crippen LogP contribution in [-0.4, -0.2) is 30.3 Å². The fraction of sp³-hybridized carbons (Fsp3) is 1.00. The van der Waals surface area contributed by atoms with Crippen LogP contribution in [0.5, 0.6) is 0 Å². The summed E-state index contributed by atoms with van der Waals surface area (Å²) in [5, 5.41) is 8.29. The van der Waals surface area contributed by atoms with E-state index in [4.69, 9.17) is 15.6 Å². The Balaban J connectivity index is 2.86. The first-order valence-electron chi connectivity index (χ1n) is 2.40. The Morgan fingerprint density at radius 3 is 2.75 bits per heavy atom. The Labute approximate surface area is 54.2 Å². The van der Waals surface area contributed by atoms with Gasteiger partial charge in [0, 0.05) is 5.75 Å². The average Bonchev–Trinajstić information content (AvgIpc) is 1.83. The van der Waals surface area contributed by atoms with Crippen molar-refractivity contribution < 1.29 is 9.84 Å². The van der Waals surface area contributed by atoms with Gasteiger partial charge in [0.1, 0.15) is 6.23 Å². The van der Waals surface area contributed by atoms with Crippen LogP contribution >= 0.6 is 12.6 Å². The molecule has 50 valence electrons. The number of ether oxygens (including phenoxy) is 1. The zero-order chi connectivity index (χ0) is 6.41. The summed E-state index contributed by atoms with van der Waals surface area (Å²) in [6.07, 6.45) is -0.540. The van der Waals surface area contributed by atoms with E-state index in [-0.39, 0.29) is 6.61 Å². The van der Waals surface area contributed by atoms with E-state index in [9.17, 15) is 0 Å². The van der Waals surface area contributed by atoms with Gasteiger partial charge in [0.15, 0.2) is 0 Å². The van der Waals surface area contributed by atoms with Gasteiger partial charge >= 0.3 is 0 Å². The molecule has 0 aliphatic rings. The lowest BCUT2D eigenvalue weighted by molar-refractivity contribution is 0.0261. The fourth-order valence-electron chi connectivity index (χ4n) is 0.257. The third-order valence-corrected chi connectivity index (χ3v) is 0.786. The van der Waals surface area contributed by atoms with Crippen molar-refractivity contribution in [3.05, 3.63) is 0 Å². The molecule has 8 heavy (non-hydrogen) atoms. The molecule has 3 N–H and O–H groups in total. The van der Waals surface area contributed by atoms with Crippen molar-refractivity contribution in [2.24, 2.45) is 5.73 Å². The summed E-state index contributed by atoms with van der Waals surface area (Å²) < 4.78 is 4.79. The Morgan fingerprint density at radius 2 is 2.38 bits per heavy atom. The van der Waals surface area contributed by atoms with Crippen molar-refractivity contribution in [2.75, 3.05) is 19.0 Å². The Bertz CT molecular complexity index is 53.3. The van der Waals surface area contributed by atoms with E-state index in [0.717, 1.165) is 0 Å². The summed E-state index contributed by atoms with van der Waals surface area (Å²) >= 11 is 3.87. The molecular weight excluding hydrogens is 126 g/mol. The second-order valence-corrected chi connectivity index (χ2v) is 1.76. The normalized spacial score (nSPS) is 13.9. The van der Waals surface area contributed by atoms with Crippen molar-refractivity contribution in [1.29, 1.82) is 0 Å². The first-order valence-corrected chi connectivity index (χ1v) is 3.03. The predicted octanol–water partition coefficient (Wildman–Crippen LogP) is -0.790. The summed E-state index contributed by atoms with van der Waals surface area (Å²) in [6, 6.07) is 0. The standard InChI is InChI=1S/C4H11NO2S/c5-4(3-6)7-1-2-8/h4,6,8H,1-3,5H2. The van der Waals surface area contributed by atoms with Gasteiger partial charge in [-0.15, -0.1) is 0 Å². The van der Waals surface area contributed by atoms with E-state index in [1.54, 1.807) is 0 Å². The number of hydrogen-bond acceptors (Lipinski definition) is 4. The minimum atomic E-state index is -0.540. The number of hydrogen-bond donors (Lipinski definition) is 3. The molecule has 0 aromatic carbocycles. The van der Waals surface area contributed by atoms with Gasteiger partial charge in [-0.3, -0.25) is 0 Å². The van der Waals surface area contributed by atoms with Gasteiger partial charge in [0.05, 0.1) is 13.2 Å². The highest BCUT2D eigenvalue weighted by molar-refractivity contribution is 7.80. The van der Waals surface area contributed by atoms with Crippen LogP contribution in [0, 0.1) is 0 Å². The Hall–Kier alpha value is 0.230. The predicted molar refractivity (Wildman–Crippen MR) is 34.9 cm³/mol. The highest BCUT2D eigenvalue weighted by Crippen LogP contribution is 1.81. The van der Waals surface area contributed by atoms with Gasteiger partial charge in [-0.1, -0.05) is 0 Å². The van der Waals surface area contributed by atoms with Crippen LogP contribution in [0.25, 0.3) is 0 Å². The summed E-state index contributed by atoms with van der Waals surface area (Å²) in [4.78, 5) is 0. The molecule has 0 aliphatic heterocycles. The molecule has 0 spiro atoms. The van der Waals surface area contributed by atoms with Gasteiger partial charge in [0.2, 0.25) is 0 Å². The second kappa shape index (κ2) is 5.37. The quantitative estimate of drug-likeness (QED) is 0.351. The lowest BCUT2D eigenvalue weighted by Crippen LogP contribution is -2.28. The number of aliphatic hydroxyl groups is 1. The number of aliphatic hydroxyl groups excluding tert-OH is 1. The van der Waals surface area contributed by atoms with E-state index < -0.39 is 6.23 Å². The maximum absolute atomic E-state index is 8.29. The highest BCUT2D eigenvalue weighted by atomic mass is 32.1. The van der Waals surface area contributed by atoms with Crippen molar-refractivity contribution in [1.82, 2.24) is 0 Å². The Kier molecular flexibility index (Phi) is 5.52. The highest BCUT2D eigenvalue weighted by Gasteiger charge is 1.95. The van der Waals surface area contributed by atoms with Crippen LogP contribution in [0.2, 0.25) is 0 Å². The van der Waals surface area contributed by atoms with Crippen LogP contribution in [0.3, 0.4) is 0 Å². The smallest absolute Gasteiger partial charge is 0.129 e. The van der Waals surface area contributed by atoms with Gasteiger partial charge in [-0.2, -0.15) is 12.6 Å². The van der Waals surface area contributed by atoms with E-state index in [1.165, 1.54) is 0 Å². The molecule has 0 aromatic heterocycles. The first kappa shape index (κ1) is 8.23.